The minimum absolute atomic E-state index is 0.700. The summed E-state index contributed by atoms with van der Waals surface area (Å²) >= 11 is 0. The molecule has 0 bridgehead atoms. The zero-order valence-electron chi connectivity index (χ0n) is 12.4. The Morgan fingerprint density at radius 3 is 3.00 bits per heavy atom. The largest absolute Gasteiger partial charge is 0.314 e. The average Bonchev–Trinajstić information content (AvgIpc) is 2.67. The first-order valence-electron chi connectivity index (χ1n) is 7.72. The molecular formula is C15H28N4. The van der Waals surface area contributed by atoms with E-state index in [2.05, 4.69) is 28.3 Å². The smallest absolute Gasteiger partial charge is 0.0637 e. The number of hydrogen-bond acceptors (Lipinski definition) is 3. The van der Waals surface area contributed by atoms with Gasteiger partial charge in [0.25, 0.3) is 0 Å². The van der Waals surface area contributed by atoms with Gasteiger partial charge in [0.05, 0.1) is 5.69 Å². The third-order valence-corrected chi connectivity index (χ3v) is 3.94. The summed E-state index contributed by atoms with van der Waals surface area (Å²) in [5.41, 5.74) is 1.19. The van der Waals surface area contributed by atoms with Crippen LogP contribution in [0.3, 0.4) is 0 Å². The van der Waals surface area contributed by atoms with Crippen molar-refractivity contribution in [2.45, 2.75) is 45.1 Å². The van der Waals surface area contributed by atoms with E-state index in [0.717, 1.165) is 13.0 Å². The van der Waals surface area contributed by atoms with E-state index in [4.69, 9.17) is 0 Å². The number of rotatable bonds is 6. The summed E-state index contributed by atoms with van der Waals surface area (Å²) in [5.74, 6) is 0. The monoisotopic (exact) mass is 264 g/mol. The van der Waals surface area contributed by atoms with Crippen LogP contribution in [0.4, 0.5) is 0 Å². The molecule has 2 heterocycles. The van der Waals surface area contributed by atoms with Crippen LogP contribution < -0.4 is 5.32 Å². The highest BCUT2D eigenvalue weighted by Gasteiger charge is 2.15. The number of aryl methyl sites for hydroxylation is 1. The first-order valence-corrected chi connectivity index (χ1v) is 7.72. The first-order chi connectivity index (χ1) is 9.28. The minimum atomic E-state index is 0.700. The molecule has 1 N–H and O–H groups in total. The summed E-state index contributed by atoms with van der Waals surface area (Å²) in [6, 6.07) is 2.81. The molecule has 0 spiro atoms. The van der Waals surface area contributed by atoms with E-state index in [9.17, 15) is 0 Å². The normalized spacial score (nSPS) is 21.5. The van der Waals surface area contributed by atoms with Gasteiger partial charge in [-0.3, -0.25) is 4.68 Å². The molecule has 1 aliphatic rings. The van der Waals surface area contributed by atoms with Gasteiger partial charge in [0.2, 0.25) is 0 Å². The summed E-state index contributed by atoms with van der Waals surface area (Å²) < 4.78 is 1.88. The van der Waals surface area contributed by atoms with Crippen molar-refractivity contribution in [2.75, 3.05) is 26.2 Å². The minimum Gasteiger partial charge on any atom is -0.314 e. The van der Waals surface area contributed by atoms with Crippen LogP contribution in [0.15, 0.2) is 12.3 Å². The molecule has 1 fully saturated rings. The van der Waals surface area contributed by atoms with Crippen molar-refractivity contribution < 1.29 is 0 Å². The molecule has 0 amide bonds. The van der Waals surface area contributed by atoms with Crippen LogP contribution in [-0.4, -0.2) is 46.9 Å². The Morgan fingerprint density at radius 1 is 1.37 bits per heavy atom. The molecule has 1 aromatic heterocycles. The summed E-state index contributed by atoms with van der Waals surface area (Å²) in [6.45, 7) is 7.13. The molecule has 1 aliphatic heterocycles. The van der Waals surface area contributed by atoms with Crippen molar-refractivity contribution in [2.24, 2.45) is 7.05 Å². The number of nitrogens with zero attached hydrogens (tertiary/aromatic N) is 3. The number of aromatic nitrogens is 2. The van der Waals surface area contributed by atoms with E-state index in [1.54, 1.807) is 0 Å². The predicted molar refractivity (Wildman–Crippen MR) is 79.3 cm³/mol. The highest BCUT2D eigenvalue weighted by molar-refractivity contribution is 4.99. The van der Waals surface area contributed by atoms with Gasteiger partial charge in [0.15, 0.2) is 0 Å². The maximum Gasteiger partial charge on any atom is 0.0637 e. The summed E-state index contributed by atoms with van der Waals surface area (Å²) in [5, 5.41) is 8.12. The molecule has 0 radical (unpaired) electrons. The topological polar surface area (TPSA) is 33.1 Å². The van der Waals surface area contributed by atoms with Crippen molar-refractivity contribution in [1.82, 2.24) is 20.0 Å². The lowest BCUT2D eigenvalue weighted by Gasteiger charge is -2.19. The van der Waals surface area contributed by atoms with E-state index in [1.807, 2.05) is 17.9 Å². The molecular weight excluding hydrogens is 236 g/mol. The van der Waals surface area contributed by atoms with Gasteiger partial charge in [0, 0.05) is 32.3 Å². The Kier molecular flexibility index (Phi) is 5.86. The van der Waals surface area contributed by atoms with Gasteiger partial charge in [-0.15, -0.1) is 0 Å². The molecule has 1 aromatic rings. The van der Waals surface area contributed by atoms with Crippen molar-refractivity contribution in [1.29, 1.82) is 0 Å². The molecule has 0 aliphatic carbocycles. The number of hydrogen-bond donors (Lipinski definition) is 1. The molecule has 4 heteroatoms. The maximum absolute atomic E-state index is 4.42. The van der Waals surface area contributed by atoms with Crippen LogP contribution in [0.2, 0.25) is 0 Å². The van der Waals surface area contributed by atoms with Crippen molar-refractivity contribution in [3.05, 3.63) is 18.0 Å². The van der Waals surface area contributed by atoms with Gasteiger partial charge < -0.3 is 10.2 Å². The van der Waals surface area contributed by atoms with Gasteiger partial charge >= 0.3 is 0 Å². The molecule has 1 saturated heterocycles. The fourth-order valence-electron chi connectivity index (χ4n) is 2.90. The molecule has 2 rings (SSSR count). The Labute approximate surface area is 117 Å². The average molecular weight is 264 g/mol. The van der Waals surface area contributed by atoms with Crippen LogP contribution in [0.25, 0.3) is 0 Å². The molecule has 0 saturated carbocycles. The quantitative estimate of drug-likeness (QED) is 0.851. The maximum atomic E-state index is 4.42. The predicted octanol–water partition coefficient (Wildman–Crippen LogP) is 1.82. The molecule has 1 unspecified atom stereocenters. The Morgan fingerprint density at radius 2 is 2.26 bits per heavy atom. The standard InChI is InChI=1S/C15H28N4/c1-3-10-19-11-4-5-14(8-13-19)16-9-6-15-7-12-18(2)17-15/h7,12,14,16H,3-6,8-11,13H2,1-2H3. The zero-order chi connectivity index (χ0) is 13.5. The Bertz CT molecular complexity index is 361. The molecule has 0 aromatic carbocycles. The fraction of sp³-hybridized carbons (Fsp3) is 0.800. The van der Waals surface area contributed by atoms with E-state index in [0.29, 0.717) is 6.04 Å². The Balaban J connectivity index is 1.65. The summed E-state index contributed by atoms with van der Waals surface area (Å²) in [7, 11) is 1.98. The summed E-state index contributed by atoms with van der Waals surface area (Å²) in [4.78, 5) is 2.61. The van der Waals surface area contributed by atoms with Gasteiger partial charge in [-0.1, -0.05) is 6.92 Å². The highest BCUT2D eigenvalue weighted by atomic mass is 15.2. The second-order valence-corrected chi connectivity index (χ2v) is 5.65. The van der Waals surface area contributed by atoms with Crippen LogP contribution in [-0.2, 0) is 13.5 Å². The van der Waals surface area contributed by atoms with Gasteiger partial charge in [0.1, 0.15) is 0 Å². The SMILES string of the molecule is CCCN1CCCC(NCCc2ccn(C)n2)CC1. The molecule has 4 nitrogen and oxygen atoms in total. The molecule has 19 heavy (non-hydrogen) atoms. The Hall–Kier alpha value is -0.870. The van der Waals surface area contributed by atoms with Crippen LogP contribution in [0.1, 0.15) is 38.3 Å². The summed E-state index contributed by atoms with van der Waals surface area (Å²) in [6.07, 6.45) is 8.28. The van der Waals surface area contributed by atoms with Crippen LogP contribution in [0, 0.1) is 0 Å². The second kappa shape index (κ2) is 7.65. The number of nitrogens with one attached hydrogen (secondary N) is 1. The zero-order valence-corrected chi connectivity index (χ0v) is 12.4. The fourth-order valence-corrected chi connectivity index (χ4v) is 2.90. The van der Waals surface area contributed by atoms with Crippen LogP contribution >= 0.6 is 0 Å². The van der Waals surface area contributed by atoms with Crippen molar-refractivity contribution in [3.63, 3.8) is 0 Å². The van der Waals surface area contributed by atoms with E-state index >= 15 is 0 Å². The second-order valence-electron chi connectivity index (χ2n) is 5.65. The van der Waals surface area contributed by atoms with E-state index in [1.165, 1.54) is 51.0 Å². The van der Waals surface area contributed by atoms with E-state index < -0.39 is 0 Å². The van der Waals surface area contributed by atoms with Crippen molar-refractivity contribution >= 4 is 0 Å². The van der Waals surface area contributed by atoms with Crippen molar-refractivity contribution in [3.8, 4) is 0 Å². The molecule has 108 valence electrons. The number of likely N-dealkylation sites (tertiary alicyclic amines) is 1. The van der Waals surface area contributed by atoms with E-state index in [-0.39, 0.29) is 0 Å². The lowest BCUT2D eigenvalue weighted by molar-refractivity contribution is 0.283. The highest BCUT2D eigenvalue weighted by Crippen LogP contribution is 2.11. The van der Waals surface area contributed by atoms with Gasteiger partial charge in [-0.05, 0) is 51.4 Å². The lowest BCUT2D eigenvalue weighted by atomic mass is 10.1. The third kappa shape index (κ3) is 4.96. The lowest BCUT2D eigenvalue weighted by Crippen LogP contribution is -2.32. The third-order valence-electron chi connectivity index (χ3n) is 3.94. The van der Waals surface area contributed by atoms with Gasteiger partial charge in [-0.2, -0.15) is 5.10 Å². The first kappa shape index (κ1) is 14.5. The van der Waals surface area contributed by atoms with Gasteiger partial charge in [-0.25, -0.2) is 0 Å². The van der Waals surface area contributed by atoms with Crippen LogP contribution in [0.5, 0.6) is 0 Å². The molecule has 1 atom stereocenters.